The van der Waals surface area contributed by atoms with Crippen molar-refractivity contribution in [1.82, 2.24) is 15.3 Å². The van der Waals surface area contributed by atoms with Crippen LogP contribution in [-0.4, -0.2) is 40.5 Å². The zero-order valence-corrected chi connectivity index (χ0v) is 13.4. The third kappa shape index (κ3) is 3.61. The molecule has 7 heteroatoms. The minimum Gasteiger partial charge on any atom is -0.487 e. The number of nitrogens with one attached hydrogen (secondary N) is 1. The largest absolute Gasteiger partial charge is 0.487 e. The zero-order valence-electron chi connectivity index (χ0n) is 12.6. The van der Waals surface area contributed by atoms with E-state index in [0.29, 0.717) is 35.6 Å². The summed E-state index contributed by atoms with van der Waals surface area (Å²) in [5.41, 5.74) is 2.14. The molecule has 0 aliphatic carbocycles. The van der Waals surface area contributed by atoms with Crippen LogP contribution in [0.4, 0.5) is 4.39 Å². The molecule has 0 radical (unpaired) electrons. The standard InChI is InChI=1S/C16H16FN3O2S/c1-23-8-15(21)20-7-13-3-10-2-12(17)4-14(16(10)22-13)11-5-18-9-19-6-11/h2,4-6,9,13H,3,7-8H2,1H3,(H,20,21). The minimum atomic E-state index is -0.321. The number of hydrogen-bond acceptors (Lipinski definition) is 5. The number of rotatable bonds is 5. The third-order valence-corrected chi connectivity index (χ3v) is 4.09. The Morgan fingerprint density at radius 3 is 2.96 bits per heavy atom. The van der Waals surface area contributed by atoms with Crippen LogP contribution in [-0.2, 0) is 11.2 Å². The summed E-state index contributed by atoms with van der Waals surface area (Å²) in [6.45, 7) is 0.403. The van der Waals surface area contributed by atoms with Crippen molar-refractivity contribution in [2.24, 2.45) is 0 Å². The lowest BCUT2D eigenvalue weighted by molar-refractivity contribution is -0.118. The molecular weight excluding hydrogens is 317 g/mol. The molecule has 23 heavy (non-hydrogen) atoms. The number of aromatic nitrogens is 2. The summed E-state index contributed by atoms with van der Waals surface area (Å²) in [7, 11) is 0. The van der Waals surface area contributed by atoms with Crippen molar-refractivity contribution in [3.05, 3.63) is 42.2 Å². The molecule has 2 heterocycles. The second kappa shape index (κ2) is 6.95. The van der Waals surface area contributed by atoms with Crippen molar-refractivity contribution in [3.63, 3.8) is 0 Å². The van der Waals surface area contributed by atoms with Crippen LogP contribution in [0.5, 0.6) is 5.75 Å². The summed E-state index contributed by atoms with van der Waals surface area (Å²) in [4.78, 5) is 19.5. The van der Waals surface area contributed by atoms with Crippen molar-refractivity contribution in [2.45, 2.75) is 12.5 Å². The number of amides is 1. The molecular formula is C16H16FN3O2S. The van der Waals surface area contributed by atoms with Gasteiger partial charge in [0.1, 0.15) is 24.0 Å². The Morgan fingerprint density at radius 2 is 2.22 bits per heavy atom. The topological polar surface area (TPSA) is 64.1 Å². The minimum absolute atomic E-state index is 0.0279. The Hall–Kier alpha value is -2.15. The number of ether oxygens (including phenoxy) is 1. The molecule has 0 fully saturated rings. The lowest BCUT2D eigenvalue weighted by Crippen LogP contribution is -2.35. The van der Waals surface area contributed by atoms with E-state index in [1.54, 1.807) is 12.4 Å². The van der Waals surface area contributed by atoms with Gasteiger partial charge in [0, 0.05) is 35.5 Å². The van der Waals surface area contributed by atoms with Crippen LogP contribution in [0.3, 0.4) is 0 Å². The SMILES string of the molecule is CSCC(=O)NCC1Cc2cc(F)cc(-c3cncnc3)c2O1. The van der Waals surface area contributed by atoms with Gasteiger partial charge in [-0.05, 0) is 18.4 Å². The van der Waals surface area contributed by atoms with Crippen LogP contribution in [0.25, 0.3) is 11.1 Å². The van der Waals surface area contributed by atoms with Crippen molar-refractivity contribution in [1.29, 1.82) is 0 Å². The number of carbonyl (C=O) groups excluding carboxylic acids is 1. The van der Waals surface area contributed by atoms with Crippen molar-refractivity contribution in [2.75, 3.05) is 18.6 Å². The number of halogens is 1. The molecule has 0 spiro atoms. The first-order valence-electron chi connectivity index (χ1n) is 7.17. The predicted molar refractivity (Wildman–Crippen MR) is 86.9 cm³/mol. The van der Waals surface area contributed by atoms with Gasteiger partial charge in [-0.3, -0.25) is 4.79 Å². The van der Waals surface area contributed by atoms with E-state index in [4.69, 9.17) is 4.74 Å². The highest BCUT2D eigenvalue weighted by molar-refractivity contribution is 7.99. The lowest BCUT2D eigenvalue weighted by atomic mass is 10.0. The van der Waals surface area contributed by atoms with Crippen LogP contribution in [0.2, 0.25) is 0 Å². The Kier molecular flexibility index (Phi) is 4.76. The molecule has 1 aliphatic rings. The molecule has 5 nitrogen and oxygen atoms in total. The van der Waals surface area contributed by atoms with Gasteiger partial charge in [-0.25, -0.2) is 14.4 Å². The van der Waals surface area contributed by atoms with Gasteiger partial charge in [-0.1, -0.05) is 0 Å². The molecule has 1 amide bonds. The number of carbonyl (C=O) groups is 1. The quantitative estimate of drug-likeness (QED) is 0.907. The fraction of sp³-hybridized carbons (Fsp3) is 0.312. The van der Waals surface area contributed by atoms with Crippen LogP contribution in [0, 0.1) is 5.82 Å². The predicted octanol–water partition coefficient (Wildman–Crippen LogP) is 2.07. The zero-order chi connectivity index (χ0) is 16.2. The van der Waals surface area contributed by atoms with E-state index in [2.05, 4.69) is 15.3 Å². The average molecular weight is 333 g/mol. The Labute approximate surface area is 137 Å². The van der Waals surface area contributed by atoms with Crippen molar-refractivity contribution < 1.29 is 13.9 Å². The van der Waals surface area contributed by atoms with Crippen LogP contribution in [0.1, 0.15) is 5.56 Å². The number of hydrogen-bond donors (Lipinski definition) is 1. The Morgan fingerprint density at radius 1 is 1.43 bits per heavy atom. The van der Waals surface area contributed by atoms with E-state index in [1.807, 2.05) is 6.26 Å². The highest BCUT2D eigenvalue weighted by Gasteiger charge is 2.27. The summed E-state index contributed by atoms with van der Waals surface area (Å²) in [6.07, 6.45) is 6.92. The number of fused-ring (bicyclic) bond motifs is 1. The fourth-order valence-electron chi connectivity index (χ4n) is 2.57. The van der Waals surface area contributed by atoms with Gasteiger partial charge in [0.15, 0.2) is 0 Å². The average Bonchev–Trinajstić information content (AvgIpc) is 2.96. The van der Waals surface area contributed by atoms with Crippen LogP contribution < -0.4 is 10.1 Å². The number of thioether (sulfide) groups is 1. The van der Waals surface area contributed by atoms with E-state index in [9.17, 15) is 9.18 Å². The van der Waals surface area contributed by atoms with Gasteiger partial charge in [0.25, 0.3) is 0 Å². The maximum atomic E-state index is 13.9. The van der Waals surface area contributed by atoms with E-state index >= 15 is 0 Å². The van der Waals surface area contributed by atoms with E-state index in [0.717, 1.165) is 5.56 Å². The monoisotopic (exact) mass is 333 g/mol. The van der Waals surface area contributed by atoms with Crippen LogP contribution >= 0.6 is 11.8 Å². The second-order valence-electron chi connectivity index (χ2n) is 5.25. The lowest BCUT2D eigenvalue weighted by Gasteiger charge is -2.13. The molecule has 1 atom stereocenters. The number of nitrogens with zero attached hydrogens (tertiary/aromatic N) is 2. The maximum absolute atomic E-state index is 13.9. The summed E-state index contributed by atoms with van der Waals surface area (Å²) >= 11 is 1.46. The van der Waals surface area contributed by atoms with Gasteiger partial charge in [-0.15, -0.1) is 0 Å². The maximum Gasteiger partial charge on any atom is 0.230 e. The summed E-state index contributed by atoms with van der Waals surface area (Å²) in [5.74, 6) is 0.712. The molecule has 1 aromatic carbocycles. The third-order valence-electron chi connectivity index (χ3n) is 3.54. The highest BCUT2D eigenvalue weighted by atomic mass is 32.2. The molecule has 0 saturated heterocycles. The van der Waals surface area contributed by atoms with Gasteiger partial charge < -0.3 is 10.1 Å². The molecule has 1 unspecified atom stereocenters. The van der Waals surface area contributed by atoms with E-state index < -0.39 is 0 Å². The van der Waals surface area contributed by atoms with Crippen LogP contribution in [0.15, 0.2) is 30.9 Å². The number of benzene rings is 1. The molecule has 1 aromatic heterocycles. The fourth-order valence-corrected chi connectivity index (χ4v) is 2.93. The first kappa shape index (κ1) is 15.7. The van der Waals surface area contributed by atoms with Gasteiger partial charge in [0.05, 0.1) is 12.3 Å². The van der Waals surface area contributed by atoms with Gasteiger partial charge >= 0.3 is 0 Å². The Balaban J connectivity index is 1.78. The molecule has 0 bridgehead atoms. The molecule has 1 N–H and O–H groups in total. The molecule has 3 rings (SSSR count). The van der Waals surface area contributed by atoms with E-state index in [-0.39, 0.29) is 17.8 Å². The van der Waals surface area contributed by atoms with Crippen molar-refractivity contribution in [3.8, 4) is 16.9 Å². The molecule has 120 valence electrons. The van der Waals surface area contributed by atoms with E-state index in [1.165, 1.54) is 30.2 Å². The molecule has 0 saturated carbocycles. The first-order valence-corrected chi connectivity index (χ1v) is 8.57. The summed E-state index contributed by atoms with van der Waals surface area (Å²) in [6, 6.07) is 2.90. The Bertz CT molecular complexity index is 712. The smallest absolute Gasteiger partial charge is 0.230 e. The second-order valence-corrected chi connectivity index (χ2v) is 6.12. The first-order chi connectivity index (χ1) is 11.2. The summed E-state index contributed by atoms with van der Waals surface area (Å²) in [5, 5.41) is 2.83. The van der Waals surface area contributed by atoms with Gasteiger partial charge in [0.2, 0.25) is 5.91 Å². The normalized spacial score (nSPS) is 15.8. The van der Waals surface area contributed by atoms with Crippen molar-refractivity contribution >= 4 is 17.7 Å². The molecule has 1 aliphatic heterocycles. The molecule has 2 aromatic rings. The summed E-state index contributed by atoms with van der Waals surface area (Å²) < 4.78 is 19.8. The highest BCUT2D eigenvalue weighted by Crippen LogP contribution is 2.39. The van der Waals surface area contributed by atoms with Gasteiger partial charge in [-0.2, -0.15) is 11.8 Å².